The van der Waals surface area contributed by atoms with E-state index in [0.717, 1.165) is 28.6 Å². The molecule has 6 nitrogen and oxygen atoms in total. The van der Waals surface area contributed by atoms with Gasteiger partial charge in [-0.15, -0.1) is 0 Å². The number of aryl methyl sites for hydroxylation is 2. The number of rotatable bonds is 4. The summed E-state index contributed by atoms with van der Waals surface area (Å²) >= 11 is 5.99. The van der Waals surface area contributed by atoms with Gasteiger partial charge >= 0.3 is 0 Å². The van der Waals surface area contributed by atoms with Crippen molar-refractivity contribution in [2.24, 2.45) is 0 Å². The van der Waals surface area contributed by atoms with E-state index < -0.39 is 5.82 Å². The number of nitrogens with zero attached hydrogens (tertiary/aromatic N) is 5. The Labute approximate surface area is 195 Å². The van der Waals surface area contributed by atoms with Crippen LogP contribution in [0.3, 0.4) is 0 Å². The van der Waals surface area contributed by atoms with E-state index in [1.54, 1.807) is 12.1 Å². The van der Waals surface area contributed by atoms with Gasteiger partial charge in [-0.1, -0.05) is 11.6 Å². The normalized spacial score (nSPS) is 20.6. The highest BCUT2D eigenvalue weighted by atomic mass is 35.5. The molecule has 0 bridgehead atoms. The first-order valence-corrected chi connectivity index (χ1v) is 11.6. The Morgan fingerprint density at radius 1 is 1.12 bits per heavy atom. The number of halogens is 2. The molecular formula is C25H23ClFN5O. The second-order valence-corrected chi connectivity index (χ2v) is 9.49. The highest BCUT2D eigenvalue weighted by Crippen LogP contribution is 2.40. The molecule has 2 atom stereocenters. The number of hydrogen-bond acceptors (Lipinski definition) is 5. The van der Waals surface area contributed by atoms with E-state index in [9.17, 15) is 4.39 Å². The molecule has 0 N–H and O–H groups in total. The van der Waals surface area contributed by atoms with Crippen molar-refractivity contribution in [2.45, 2.75) is 51.2 Å². The van der Waals surface area contributed by atoms with Crippen LogP contribution in [0, 0.1) is 19.7 Å². The van der Waals surface area contributed by atoms with E-state index in [-0.39, 0.29) is 12.0 Å². The van der Waals surface area contributed by atoms with Gasteiger partial charge in [0.1, 0.15) is 11.6 Å². The zero-order chi connectivity index (χ0) is 22.7. The van der Waals surface area contributed by atoms with Gasteiger partial charge in [0.05, 0.1) is 30.6 Å². The van der Waals surface area contributed by atoms with Crippen molar-refractivity contribution in [3.05, 3.63) is 70.1 Å². The van der Waals surface area contributed by atoms with Crippen molar-refractivity contribution >= 4 is 22.6 Å². The Kier molecular flexibility index (Phi) is 4.92. The van der Waals surface area contributed by atoms with Crippen LogP contribution in [0.4, 0.5) is 4.39 Å². The standard InChI is InChI=1S/C25H23ClFN5O/c1-13-7-20-23(19-6-3-17(26)9-21(19)27)30-24(31-25(20)29-14(13)2)15-8-22(33-12-15)16-10-28-32(11-16)18-4-5-18/h3,6-7,9-11,15,18,22H,4-5,8,12H2,1-2H3/t15-,22+/m1/s1. The van der Waals surface area contributed by atoms with E-state index in [1.165, 1.54) is 18.9 Å². The summed E-state index contributed by atoms with van der Waals surface area (Å²) in [5.41, 5.74) is 4.47. The van der Waals surface area contributed by atoms with Gasteiger partial charge in [0.2, 0.25) is 0 Å². The lowest BCUT2D eigenvalue weighted by atomic mass is 10.0. The van der Waals surface area contributed by atoms with Crippen molar-refractivity contribution in [3.8, 4) is 11.3 Å². The highest BCUT2D eigenvalue weighted by Gasteiger charge is 2.33. The summed E-state index contributed by atoms with van der Waals surface area (Å²) in [7, 11) is 0. The molecule has 2 aliphatic rings. The molecule has 4 aromatic rings. The smallest absolute Gasteiger partial charge is 0.163 e. The lowest BCUT2D eigenvalue weighted by Crippen LogP contribution is -2.08. The number of aromatic nitrogens is 5. The lowest BCUT2D eigenvalue weighted by Gasteiger charge is -2.14. The molecule has 0 radical (unpaired) electrons. The van der Waals surface area contributed by atoms with Gasteiger partial charge in [-0.2, -0.15) is 5.10 Å². The predicted molar refractivity (Wildman–Crippen MR) is 124 cm³/mol. The summed E-state index contributed by atoms with van der Waals surface area (Å²) in [6.45, 7) is 4.43. The van der Waals surface area contributed by atoms with E-state index in [0.29, 0.717) is 40.4 Å². The molecule has 4 heterocycles. The van der Waals surface area contributed by atoms with E-state index in [4.69, 9.17) is 31.3 Å². The minimum absolute atomic E-state index is 0.0128. The summed E-state index contributed by atoms with van der Waals surface area (Å²) in [4.78, 5) is 14.3. The summed E-state index contributed by atoms with van der Waals surface area (Å²) in [5.74, 6) is 0.195. The molecule has 1 aliphatic heterocycles. The predicted octanol–water partition coefficient (Wildman–Crippen LogP) is 5.88. The quantitative estimate of drug-likeness (QED) is 0.378. The van der Waals surface area contributed by atoms with Crippen LogP contribution < -0.4 is 0 Å². The molecule has 1 aromatic carbocycles. The van der Waals surface area contributed by atoms with Gasteiger partial charge in [0, 0.05) is 39.3 Å². The van der Waals surface area contributed by atoms with Crippen LogP contribution in [-0.2, 0) is 4.74 Å². The number of fused-ring (bicyclic) bond motifs is 1. The third kappa shape index (κ3) is 3.79. The fourth-order valence-corrected chi connectivity index (χ4v) is 4.59. The summed E-state index contributed by atoms with van der Waals surface area (Å²) in [6.07, 6.45) is 7.06. The summed E-state index contributed by atoms with van der Waals surface area (Å²) in [5, 5.41) is 5.57. The molecule has 0 spiro atoms. The molecule has 0 unspecified atom stereocenters. The number of hydrogen-bond donors (Lipinski definition) is 0. The summed E-state index contributed by atoms with van der Waals surface area (Å²) in [6, 6.07) is 7.16. The molecule has 6 rings (SSSR count). The molecule has 2 fully saturated rings. The van der Waals surface area contributed by atoms with Crippen molar-refractivity contribution in [2.75, 3.05) is 6.61 Å². The minimum Gasteiger partial charge on any atom is -0.373 e. The first-order valence-electron chi connectivity index (χ1n) is 11.2. The van der Waals surface area contributed by atoms with Crippen LogP contribution in [0.1, 0.15) is 60.0 Å². The first kappa shape index (κ1) is 20.7. The van der Waals surface area contributed by atoms with Gasteiger partial charge in [0.25, 0.3) is 0 Å². The zero-order valence-corrected chi connectivity index (χ0v) is 19.2. The second-order valence-electron chi connectivity index (χ2n) is 9.06. The molecule has 1 saturated carbocycles. The maximum Gasteiger partial charge on any atom is 0.163 e. The summed E-state index contributed by atoms with van der Waals surface area (Å²) < 4.78 is 23.1. The number of benzene rings is 1. The van der Waals surface area contributed by atoms with E-state index in [2.05, 4.69) is 11.3 Å². The van der Waals surface area contributed by atoms with Crippen molar-refractivity contribution in [3.63, 3.8) is 0 Å². The van der Waals surface area contributed by atoms with Crippen LogP contribution in [0.5, 0.6) is 0 Å². The highest BCUT2D eigenvalue weighted by molar-refractivity contribution is 6.30. The molecule has 168 valence electrons. The van der Waals surface area contributed by atoms with Gasteiger partial charge < -0.3 is 4.74 Å². The Balaban J connectivity index is 1.40. The maximum atomic E-state index is 14.9. The fraction of sp³-hybridized carbons (Fsp3) is 0.360. The molecule has 1 aliphatic carbocycles. The fourth-order valence-electron chi connectivity index (χ4n) is 4.43. The van der Waals surface area contributed by atoms with Gasteiger partial charge in [-0.3, -0.25) is 4.68 Å². The van der Waals surface area contributed by atoms with Crippen molar-refractivity contribution < 1.29 is 9.13 Å². The lowest BCUT2D eigenvalue weighted by molar-refractivity contribution is 0.110. The third-order valence-electron chi connectivity index (χ3n) is 6.61. The topological polar surface area (TPSA) is 65.7 Å². The molecule has 1 saturated heterocycles. The third-order valence-corrected chi connectivity index (χ3v) is 6.85. The Morgan fingerprint density at radius 3 is 2.76 bits per heavy atom. The second kappa shape index (κ2) is 7.85. The first-order chi connectivity index (χ1) is 16.0. The largest absolute Gasteiger partial charge is 0.373 e. The Bertz CT molecular complexity index is 1380. The van der Waals surface area contributed by atoms with Gasteiger partial charge in [-0.25, -0.2) is 19.3 Å². The monoisotopic (exact) mass is 463 g/mol. The number of pyridine rings is 1. The molecular weight excluding hydrogens is 441 g/mol. The van der Waals surface area contributed by atoms with Crippen LogP contribution >= 0.6 is 11.6 Å². The van der Waals surface area contributed by atoms with Crippen LogP contribution in [0.2, 0.25) is 5.02 Å². The average Bonchev–Trinajstić information content (AvgIpc) is 3.31. The molecule has 3 aromatic heterocycles. The SMILES string of the molecule is Cc1cc2c(-c3ccc(Cl)cc3F)nc([C@H]3CO[C@H](c4cnn(C5CC5)c4)C3)nc2nc1C. The van der Waals surface area contributed by atoms with E-state index >= 15 is 0 Å². The Morgan fingerprint density at radius 2 is 1.97 bits per heavy atom. The average molecular weight is 464 g/mol. The maximum absolute atomic E-state index is 14.9. The van der Waals surface area contributed by atoms with Crippen LogP contribution in [0.15, 0.2) is 36.7 Å². The van der Waals surface area contributed by atoms with Crippen LogP contribution in [-0.4, -0.2) is 31.3 Å². The van der Waals surface area contributed by atoms with Gasteiger partial charge in [0.15, 0.2) is 5.65 Å². The zero-order valence-electron chi connectivity index (χ0n) is 18.4. The minimum atomic E-state index is -0.417. The molecule has 0 amide bonds. The molecule has 33 heavy (non-hydrogen) atoms. The van der Waals surface area contributed by atoms with Gasteiger partial charge in [-0.05, 0) is 62.9 Å². The van der Waals surface area contributed by atoms with Crippen molar-refractivity contribution in [1.82, 2.24) is 24.7 Å². The van der Waals surface area contributed by atoms with Crippen LogP contribution in [0.25, 0.3) is 22.3 Å². The Hall–Kier alpha value is -2.90. The van der Waals surface area contributed by atoms with E-state index in [1.807, 2.05) is 30.8 Å². The number of ether oxygens (including phenoxy) is 1. The molecule has 8 heteroatoms. The van der Waals surface area contributed by atoms with Crippen molar-refractivity contribution in [1.29, 1.82) is 0 Å².